The maximum absolute atomic E-state index is 13.0. The molecule has 1 amide bonds. The Hall–Kier alpha value is -0.760. The lowest BCUT2D eigenvalue weighted by atomic mass is 10.0. The number of nitrogens with one attached hydrogen (secondary N) is 1. The smallest absolute Gasteiger partial charge is 0.268 e. The maximum Gasteiger partial charge on any atom is 0.268 e. The first kappa shape index (κ1) is 74.2. The third-order valence-corrected chi connectivity index (χ3v) is 16.7. The first-order valence-electron chi connectivity index (χ1n) is 33.5. The molecule has 0 saturated carbocycles. The molecule has 0 radical (unpaired) electrons. The van der Waals surface area contributed by atoms with Crippen LogP contribution < -0.4 is 10.2 Å². The Balaban J connectivity index is 3.84. The second kappa shape index (κ2) is 57.9. The average Bonchev–Trinajstić information content (AvgIpc) is 3.37. The first-order chi connectivity index (χ1) is 36.5. The molecule has 0 aliphatic heterocycles. The van der Waals surface area contributed by atoms with Gasteiger partial charge in [0.2, 0.25) is 5.91 Å². The molecule has 0 aliphatic carbocycles. The van der Waals surface area contributed by atoms with Crippen molar-refractivity contribution < 1.29 is 32.9 Å². The third kappa shape index (κ3) is 60.7. The average molecular weight is 1080 g/mol. The summed E-state index contributed by atoms with van der Waals surface area (Å²) in [5, 5.41) is 14.0. The summed E-state index contributed by atoms with van der Waals surface area (Å²) in [6.07, 6.45) is 73.0. The topological polar surface area (TPSA) is 108 Å². The Bertz CT molecular complexity index is 1230. The van der Waals surface area contributed by atoms with Crippen molar-refractivity contribution in [3.63, 3.8) is 0 Å². The van der Waals surface area contributed by atoms with Gasteiger partial charge in [-0.15, -0.1) is 0 Å². The SMILES string of the molecule is CCCCCCCCCCCCCCCCCCCC/C=C\CCCCCCCCCCCCCCCCCCCC(=O)NC(COP(=O)([O-])OCC[N+](C)(C)C)C(O)CCCCCCCCCCCCCCCC. The number of phosphoric ester groups is 1. The van der Waals surface area contributed by atoms with Gasteiger partial charge in [0, 0.05) is 6.42 Å². The van der Waals surface area contributed by atoms with Crippen molar-refractivity contribution in [3.05, 3.63) is 12.2 Å². The van der Waals surface area contributed by atoms with Gasteiger partial charge in [-0.25, -0.2) is 0 Å². The van der Waals surface area contributed by atoms with Gasteiger partial charge in [-0.1, -0.05) is 321 Å². The van der Waals surface area contributed by atoms with Gasteiger partial charge in [0.1, 0.15) is 13.2 Å². The van der Waals surface area contributed by atoms with Gasteiger partial charge in [-0.2, -0.15) is 0 Å². The number of aliphatic hydroxyl groups excluding tert-OH is 1. The van der Waals surface area contributed by atoms with E-state index in [1.54, 1.807) is 0 Å². The van der Waals surface area contributed by atoms with E-state index >= 15 is 0 Å². The number of phosphoric acid groups is 1. The van der Waals surface area contributed by atoms with Gasteiger partial charge in [-0.05, 0) is 38.5 Å². The summed E-state index contributed by atoms with van der Waals surface area (Å²) in [6, 6.07) is -0.797. The van der Waals surface area contributed by atoms with Crippen molar-refractivity contribution in [1.29, 1.82) is 0 Å². The molecule has 8 nitrogen and oxygen atoms in total. The van der Waals surface area contributed by atoms with Crippen molar-refractivity contribution in [2.75, 3.05) is 40.9 Å². The Morgan fingerprint density at radius 3 is 1.04 bits per heavy atom. The lowest BCUT2D eigenvalue weighted by Gasteiger charge is -2.30. The number of rotatable bonds is 63. The largest absolute Gasteiger partial charge is 0.756 e. The van der Waals surface area contributed by atoms with Crippen molar-refractivity contribution in [2.45, 2.75) is 366 Å². The lowest BCUT2D eigenvalue weighted by molar-refractivity contribution is -0.870. The molecule has 3 atom stereocenters. The third-order valence-electron chi connectivity index (χ3n) is 15.8. The van der Waals surface area contributed by atoms with Gasteiger partial charge in [0.15, 0.2) is 0 Å². The van der Waals surface area contributed by atoms with E-state index in [4.69, 9.17) is 9.05 Å². The number of aliphatic hydroxyl groups is 1. The standard InChI is InChI=1S/C66H133N2O6P/c1-6-8-10-12-14-16-18-20-22-23-24-25-26-27-28-29-30-31-32-33-34-35-36-37-38-39-40-41-42-43-44-45-46-48-50-52-54-56-58-60-66(70)67-64(63-74-75(71,72)73-62-61-68(3,4)5)65(69)59-57-55-53-51-49-47-21-19-17-15-13-11-9-7-2/h33-34,64-65,69H,6-32,35-63H2,1-5H3,(H-,67,70,71,72)/b34-33-. The number of quaternary nitrogens is 1. The second-order valence-corrected chi connectivity index (χ2v) is 25.9. The summed E-state index contributed by atoms with van der Waals surface area (Å²) >= 11 is 0. The van der Waals surface area contributed by atoms with Crippen molar-refractivity contribution in [3.8, 4) is 0 Å². The number of unbranched alkanes of at least 4 members (excludes halogenated alkanes) is 48. The highest BCUT2D eigenvalue weighted by Gasteiger charge is 2.24. The number of hydrogen-bond donors (Lipinski definition) is 2. The molecule has 0 saturated heterocycles. The number of allylic oxidation sites excluding steroid dienone is 2. The molecule has 0 aromatic rings. The fraction of sp³-hybridized carbons (Fsp3) is 0.955. The highest BCUT2D eigenvalue weighted by atomic mass is 31.2. The Morgan fingerprint density at radius 2 is 0.733 bits per heavy atom. The van der Waals surface area contributed by atoms with E-state index in [1.165, 1.54) is 289 Å². The van der Waals surface area contributed by atoms with E-state index in [2.05, 4.69) is 31.3 Å². The summed E-state index contributed by atoms with van der Waals surface area (Å²) in [5.41, 5.74) is 0. The Labute approximate surface area is 469 Å². The van der Waals surface area contributed by atoms with Gasteiger partial charge in [0.05, 0.1) is 39.9 Å². The molecule has 0 aliphatic rings. The predicted molar refractivity (Wildman–Crippen MR) is 326 cm³/mol. The monoisotopic (exact) mass is 1080 g/mol. The van der Waals surface area contributed by atoms with E-state index < -0.39 is 20.0 Å². The molecule has 0 aromatic carbocycles. The minimum atomic E-state index is -4.57. The van der Waals surface area contributed by atoms with Gasteiger partial charge in [0.25, 0.3) is 7.82 Å². The number of nitrogens with zero attached hydrogens (tertiary/aromatic N) is 1. The zero-order valence-electron chi connectivity index (χ0n) is 51.3. The van der Waals surface area contributed by atoms with E-state index in [1.807, 2.05) is 21.1 Å². The fourth-order valence-corrected chi connectivity index (χ4v) is 11.2. The zero-order valence-corrected chi connectivity index (χ0v) is 52.2. The lowest BCUT2D eigenvalue weighted by Crippen LogP contribution is -2.46. The van der Waals surface area contributed by atoms with E-state index in [0.717, 1.165) is 38.5 Å². The van der Waals surface area contributed by atoms with Crippen LogP contribution in [0.3, 0.4) is 0 Å². The van der Waals surface area contributed by atoms with Crippen LogP contribution in [0.1, 0.15) is 354 Å². The molecule has 9 heteroatoms. The van der Waals surface area contributed by atoms with Crippen LogP contribution in [0.5, 0.6) is 0 Å². The summed E-state index contributed by atoms with van der Waals surface area (Å²) in [5.74, 6) is -0.158. The minimum Gasteiger partial charge on any atom is -0.756 e. The second-order valence-electron chi connectivity index (χ2n) is 24.5. The molecule has 0 aromatic heterocycles. The molecule has 0 bridgehead atoms. The molecule has 0 rings (SSSR count). The Kier molecular flexibility index (Phi) is 57.3. The molecular formula is C66H133N2O6P. The van der Waals surface area contributed by atoms with Crippen LogP contribution in [-0.2, 0) is 18.4 Å². The van der Waals surface area contributed by atoms with Crippen LogP contribution in [0.2, 0.25) is 0 Å². The van der Waals surface area contributed by atoms with Crippen molar-refractivity contribution in [1.82, 2.24) is 5.32 Å². The van der Waals surface area contributed by atoms with Crippen LogP contribution in [0.25, 0.3) is 0 Å². The van der Waals surface area contributed by atoms with Crippen LogP contribution in [0.4, 0.5) is 0 Å². The first-order valence-corrected chi connectivity index (χ1v) is 35.0. The molecule has 0 fully saturated rings. The predicted octanol–water partition coefficient (Wildman–Crippen LogP) is 20.3. The molecule has 3 unspecified atom stereocenters. The highest BCUT2D eigenvalue weighted by molar-refractivity contribution is 7.45. The van der Waals surface area contributed by atoms with Gasteiger partial charge in [-0.3, -0.25) is 9.36 Å². The van der Waals surface area contributed by atoms with Crippen molar-refractivity contribution >= 4 is 13.7 Å². The highest BCUT2D eigenvalue weighted by Crippen LogP contribution is 2.38. The van der Waals surface area contributed by atoms with Crippen LogP contribution in [-0.4, -0.2) is 68.5 Å². The number of carbonyl (C=O) groups excluding carboxylic acids is 1. The zero-order chi connectivity index (χ0) is 54.9. The molecule has 448 valence electrons. The maximum atomic E-state index is 13.0. The van der Waals surface area contributed by atoms with Gasteiger partial charge >= 0.3 is 0 Å². The van der Waals surface area contributed by atoms with E-state index in [0.29, 0.717) is 23.9 Å². The number of carbonyl (C=O) groups is 1. The number of likely N-dealkylation sites (N-methyl/N-ethyl adjacent to an activating group) is 1. The van der Waals surface area contributed by atoms with Gasteiger partial charge < -0.3 is 28.8 Å². The molecule has 75 heavy (non-hydrogen) atoms. The summed E-state index contributed by atoms with van der Waals surface area (Å²) in [4.78, 5) is 25.5. The summed E-state index contributed by atoms with van der Waals surface area (Å²) in [7, 11) is 1.32. The molecular weight excluding hydrogens is 948 g/mol. The Morgan fingerprint density at radius 1 is 0.453 bits per heavy atom. The molecule has 0 spiro atoms. The number of amides is 1. The van der Waals surface area contributed by atoms with E-state index in [9.17, 15) is 19.4 Å². The normalized spacial score (nSPS) is 13.7. The van der Waals surface area contributed by atoms with Crippen LogP contribution in [0, 0.1) is 0 Å². The fourth-order valence-electron chi connectivity index (χ4n) is 10.5. The number of hydrogen-bond acceptors (Lipinski definition) is 6. The summed E-state index contributed by atoms with van der Waals surface area (Å²) < 4.78 is 23.4. The summed E-state index contributed by atoms with van der Waals surface area (Å²) in [6.45, 7) is 4.77. The minimum absolute atomic E-state index is 0.0153. The van der Waals surface area contributed by atoms with Crippen LogP contribution in [0.15, 0.2) is 12.2 Å². The molecule has 2 N–H and O–H groups in total. The van der Waals surface area contributed by atoms with Crippen LogP contribution >= 0.6 is 7.82 Å². The quantitative estimate of drug-likeness (QED) is 0.0272. The molecule has 0 heterocycles. The van der Waals surface area contributed by atoms with E-state index in [-0.39, 0.29) is 19.1 Å². The van der Waals surface area contributed by atoms with Crippen molar-refractivity contribution in [2.24, 2.45) is 0 Å².